The first kappa shape index (κ1) is 20.6. The van der Waals surface area contributed by atoms with E-state index in [9.17, 15) is 9.59 Å². The molecular formula is C24H29N3O2. The summed E-state index contributed by atoms with van der Waals surface area (Å²) < 4.78 is 0. The SMILES string of the molecule is C=C(C)c1cccc(C(C)(C)NC(=O)N2CCNC(=O)C2c2ccccc2C)c1. The molecule has 5 heteroatoms. The summed E-state index contributed by atoms with van der Waals surface area (Å²) in [5, 5.41) is 6.01. The minimum absolute atomic E-state index is 0.150. The number of amides is 3. The number of urea groups is 1. The van der Waals surface area contributed by atoms with Gasteiger partial charge in [-0.2, -0.15) is 0 Å². The van der Waals surface area contributed by atoms with E-state index < -0.39 is 11.6 Å². The van der Waals surface area contributed by atoms with Gasteiger partial charge in [-0.3, -0.25) is 4.79 Å². The van der Waals surface area contributed by atoms with Gasteiger partial charge in [0.25, 0.3) is 0 Å². The standard InChI is InChI=1S/C24H29N3O2/c1-16(2)18-10-8-11-19(15-18)24(4,5)26-23(29)27-14-13-25-22(28)21(27)20-12-7-6-9-17(20)3/h6-12,15,21H,1,13-14H2,2-5H3,(H,25,28)(H,26,29). The van der Waals surface area contributed by atoms with Gasteiger partial charge in [-0.15, -0.1) is 0 Å². The largest absolute Gasteiger partial charge is 0.352 e. The first-order valence-corrected chi connectivity index (χ1v) is 9.89. The summed E-state index contributed by atoms with van der Waals surface area (Å²) in [4.78, 5) is 27.6. The van der Waals surface area contributed by atoms with Crippen LogP contribution in [-0.4, -0.2) is 29.9 Å². The van der Waals surface area contributed by atoms with Crippen LogP contribution in [0.25, 0.3) is 5.57 Å². The molecule has 1 fully saturated rings. The maximum atomic E-state index is 13.3. The Morgan fingerprint density at radius 2 is 1.93 bits per heavy atom. The third-order valence-electron chi connectivity index (χ3n) is 5.45. The maximum absolute atomic E-state index is 13.3. The van der Waals surface area contributed by atoms with E-state index in [4.69, 9.17) is 0 Å². The second-order valence-corrected chi connectivity index (χ2v) is 8.16. The molecule has 1 aliphatic rings. The maximum Gasteiger partial charge on any atom is 0.319 e. The van der Waals surface area contributed by atoms with Gasteiger partial charge in [0.2, 0.25) is 5.91 Å². The quantitative estimate of drug-likeness (QED) is 0.823. The molecule has 1 atom stereocenters. The second kappa shape index (κ2) is 8.11. The van der Waals surface area contributed by atoms with Gasteiger partial charge in [-0.25, -0.2) is 4.79 Å². The Kier molecular flexibility index (Phi) is 5.78. The van der Waals surface area contributed by atoms with Gasteiger partial charge in [0, 0.05) is 13.1 Å². The van der Waals surface area contributed by atoms with Crippen LogP contribution in [0.15, 0.2) is 55.1 Å². The number of hydrogen-bond acceptors (Lipinski definition) is 2. The molecule has 2 N–H and O–H groups in total. The first-order chi connectivity index (χ1) is 13.7. The van der Waals surface area contributed by atoms with Crippen LogP contribution in [0.4, 0.5) is 4.79 Å². The lowest BCUT2D eigenvalue weighted by Gasteiger charge is -2.38. The number of hydrogen-bond donors (Lipinski definition) is 2. The zero-order chi connectivity index (χ0) is 21.2. The monoisotopic (exact) mass is 391 g/mol. The molecule has 3 rings (SSSR count). The fraction of sp³-hybridized carbons (Fsp3) is 0.333. The Hall–Kier alpha value is -3.08. The molecule has 0 saturated carbocycles. The van der Waals surface area contributed by atoms with Crippen molar-refractivity contribution < 1.29 is 9.59 Å². The Morgan fingerprint density at radius 1 is 1.21 bits per heavy atom. The average Bonchev–Trinajstić information content (AvgIpc) is 2.68. The highest BCUT2D eigenvalue weighted by Crippen LogP contribution is 2.28. The molecule has 1 heterocycles. The summed E-state index contributed by atoms with van der Waals surface area (Å²) in [6.07, 6.45) is 0. The molecule has 152 valence electrons. The summed E-state index contributed by atoms with van der Waals surface area (Å²) in [6, 6.07) is 14.8. The van der Waals surface area contributed by atoms with Crippen LogP contribution in [0.1, 0.15) is 49.1 Å². The van der Waals surface area contributed by atoms with Gasteiger partial charge in [-0.05, 0) is 56.0 Å². The predicted molar refractivity (Wildman–Crippen MR) is 116 cm³/mol. The van der Waals surface area contributed by atoms with Crippen molar-refractivity contribution in [3.05, 3.63) is 77.4 Å². The molecule has 1 unspecified atom stereocenters. The Morgan fingerprint density at radius 3 is 2.62 bits per heavy atom. The lowest BCUT2D eigenvalue weighted by atomic mass is 9.91. The van der Waals surface area contributed by atoms with Crippen molar-refractivity contribution in [2.45, 2.75) is 39.3 Å². The molecule has 2 aromatic carbocycles. The summed E-state index contributed by atoms with van der Waals surface area (Å²) in [5.74, 6) is -0.150. The highest BCUT2D eigenvalue weighted by molar-refractivity contribution is 5.89. The summed E-state index contributed by atoms with van der Waals surface area (Å²) in [6.45, 7) is 12.8. The molecule has 3 amide bonds. The Labute approximate surface area is 172 Å². The number of nitrogens with zero attached hydrogens (tertiary/aromatic N) is 1. The molecular weight excluding hydrogens is 362 g/mol. The van der Waals surface area contributed by atoms with Crippen molar-refractivity contribution in [1.82, 2.24) is 15.5 Å². The summed E-state index contributed by atoms with van der Waals surface area (Å²) >= 11 is 0. The normalized spacial score (nSPS) is 16.9. The molecule has 1 saturated heterocycles. The fourth-order valence-electron chi connectivity index (χ4n) is 3.67. The first-order valence-electron chi connectivity index (χ1n) is 9.89. The molecule has 0 spiro atoms. The van der Waals surface area contributed by atoms with E-state index in [1.54, 1.807) is 4.90 Å². The van der Waals surface area contributed by atoms with Crippen LogP contribution in [0, 0.1) is 6.92 Å². The minimum Gasteiger partial charge on any atom is -0.352 e. The van der Waals surface area contributed by atoms with Crippen molar-refractivity contribution >= 4 is 17.5 Å². The van der Waals surface area contributed by atoms with Crippen LogP contribution < -0.4 is 10.6 Å². The topological polar surface area (TPSA) is 61.4 Å². The molecule has 1 aliphatic heterocycles. The average molecular weight is 392 g/mol. The van der Waals surface area contributed by atoms with Crippen molar-refractivity contribution in [1.29, 1.82) is 0 Å². The third-order valence-corrected chi connectivity index (χ3v) is 5.45. The number of nitrogens with one attached hydrogen (secondary N) is 2. The van der Waals surface area contributed by atoms with E-state index in [-0.39, 0.29) is 11.9 Å². The van der Waals surface area contributed by atoms with E-state index in [1.165, 1.54) is 0 Å². The van der Waals surface area contributed by atoms with E-state index >= 15 is 0 Å². The molecule has 29 heavy (non-hydrogen) atoms. The molecule has 0 radical (unpaired) electrons. The number of aryl methyl sites for hydroxylation is 1. The lowest BCUT2D eigenvalue weighted by molar-refractivity contribution is -0.127. The van der Waals surface area contributed by atoms with Crippen molar-refractivity contribution in [2.24, 2.45) is 0 Å². The van der Waals surface area contributed by atoms with Crippen molar-refractivity contribution in [3.8, 4) is 0 Å². The van der Waals surface area contributed by atoms with Crippen LogP contribution in [-0.2, 0) is 10.3 Å². The van der Waals surface area contributed by atoms with E-state index in [2.05, 4.69) is 17.2 Å². The zero-order valence-electron chi connectivity index (χ0n) is 17.6. The predicted octanol–water partition coefficient (Wildman–Crippen LogP) is 4.15. The lowest BCUT2D eigenvalue weighted by Crippen LogP contribution is -2.57. The van der Waals surface area contributed by atoms with Gasteiger partial charge >= 0.3 is 6.03 Å². The molecule has 0 bridgehead atoms. The third kappa shape index (κ3) is 4.34. The van der Waals surface area contributed by atoms with E-state index in [1.807, 2.05) is 76.2 Å². The number of rotatable bonds is 4. The van der Waals surface area contributed by atoms with Crippen LogP contribution in [0.2, 0.25) is 0 Å². The Bertz CT molecular complexity index is 949. The van der Waals surface area contributed by atoms with Crippen molar-refractivity contribution in [2.75, 3.05) is 13.1 Å². The number of benzene rings is 2. The summed E-state index contributed by atoms with van der Waals surface area (Å²) in [7, 11) is 0. The minimum atomic E-state index is -0.637. The number of carbonyl (C=O) groups is 2. The van der Waals surface area contributed by atoms with Gasteiger partial charge in [0.1, 0.15) is 6.04 Å². The van der Waals surface area contributed by atoms with E-state index in [0.717, 1.165) is 27.8 Å². The van der Waals surface area contributed by atoms with Gasteiger partial charge < -0.3 is 15.5 Å². The molecule has 0 aromatic heterocycles. The smallest absolute Gasteiger partial charge is 0.319 e. The van der Waals surface area contributed by atoms with Gasteiger partial charge in [0.05, 0.1) is 5.54 Å². The van der Waals surface area contributed by atoms with Crippen molar-refractivity contribution in [3.63, 3.8) is 0 Å². The van der Waals surface area contributed by atoms with Crippen LogP contribution in [0.3, 0.4) is 0 Å². The molecule has 5 nitrogen and oxygen atoms in total. The van der Waals surface area contributed by atoms with E-state index in [0.29, 0.717) is 13.1 Å². The molecule has 0 aliphatic carbocycles. The highest BCUT2D eigenvalue weighted by atomic mass is 16.2. The fourth-order valence-corrected chi connectivity index (χ4v) is 3.67. The number of allylic oxidation sites excluding steroid dienone is 1. The van der Waals surface area contributed by atoms with Crippen LogP contribution in [0.5, 0.6) is 0 Å². The number of piperazine rings is 1. The summed E-state index contributed by atoms with van der Waals surface area (Å²) in [5.41, 5.74) is 4.23. The zero-order valence-corrected chi connectivity index (χ0v) is 17.6. The van der Waals surface area contributed by atoms with Crippen LogP contribution >= 0.6 is 0 Å². The van der Waals surface area contributed by atoms with Gasteiger partial charge in [0.15, 0.2) is 0 Å². The van der Waals surface area contributed by atoms with Gasteiger partial charge in [-0.1, -0.05) is 54.6 Å². The number of carbonyl (C=O) groups excluding carboxylic acids is 2. The Balaban J connectivity index is 1.88. The molecule has 2 aromatic rings. The highest BCUT2D eigenvalue weighted by Gasteiger charge is 2.37. The second-order valence-electron chi connectivity index (χ2n) is 8.16.